The highest BCUT2D eigenvalue weighted by Crippen LogP contribution is 2.31. The van der Waals surface area contributed by atoms with E-state index in [0.717, 1.165) is 6.42 Å². The lowest BCUT2D eigenvalue weighted by Crippen LogP contribution is -2.40. The third-order valence-corrected chi connectivity index (χ3v) is 5.65. The first-order valence-corrected chi connectivity index (χ1v) is 11.2. The van der Waals surface area contributed by atoms with Crippen LogP contribution in [0.3, 0.4) is 0 Å². The third-order valence-electron chi connectivity index (χ3n) is 5.34. The van der Waals surface area contributed by atoms with Crippen molar-refractivity contribution in [2.75, 3.05) is 19.0 Å². The fourth-order valence-corrected chi connectivity index (χ4v) is 3.34. The molecular weight excluding hydrogens is 448 g/mol. The van der Waals surface area contributed by atoms with Gasteiger partial charge in [-0.3, -0.25) is 9.36 Å². The van der Waals surface area contributed by atoms with Crippen molar-refractivity contribution in [3.05, 3.63) is 45.1 Å². The molecule has 1 heterocycles. The van der Waals surface area contributed by atoms with Crippen LogP contribution in [-0.4, -0.2) is 45.6 Å². The number of nitrogens with one attached hydrogen (secondary N) is 2. The molecule has 0 spiro atoms. The zero-order valence-electron chi connectivity index (χ0n) is 19.6. The molecule has 2 aromatic rings. The maximum atomic E-state index is 13.0. The van der Waals surface area contributed by atoms with Gasteiger partial charge in [-0.2, -0.15) is 0 Å². The predicted molar refractivity (Wildman–Crippen MR) is 128 cm³/mol. The van der Waals surface area contributed by atoms with Crippen molar-refractivity contribution in [1.82, 2.24) is 9.55 Å². The number of aliphatic carboxylic acids is 1. The van der Waals surface area contributed by atoms with E-state index in [1.807, 2.05) is 6.92 Å². The molecule has 33 heavy (non-hydrogen) atoms. The van der Waals surface area contributed by atoms with Crippen LogP contribution in [-0.2, 0) is 11.3 Å². The Bertz CT molecular complexity index is 1090. The number of halogens is 1. The average Bonchev–Trinajstić information content (AvgIpc) is 2.77. The molecule has 0 saturated carbocycles. The van der Waals surface area contributed by atoms with E-state index in [1.54, 1.807) is 33.0 Å². The van der Waals surface area contributed by atoms with Crippen molar-refractivity contribution in [3.63, 3.8) is 0 Å². The number of hydrogen-bond donors (Lipinski definition) is 3. The first-order chi connectivity index (χ1) is 15.6. The second-order valence-electron chi connectivity index (χ2n) is 7.75. The van der Waals surface area contributed by atoms with Crippen LogP contribution >= 0.6 is 11.6 Å². The molecule has 10 heteroatoms. The summed E-state index contributed by atoms with van der Waals surface area (Å²) in [6.07, 6.45) is 1.59. The highest BCUT2D eigenvalue weighted by atomic mass is 35.5. The van der Waals surface area contributed by atoms with E-state index in [0.29, 0.717) is 40.2 Å². The number of carbonyl (C=O) groups is 1. The van der Waals surface area contributed by atoms with Crippen molar-refractivity contribution in [2.24, 2.45) is 0 Å². The largest absolute Gasteiger partial charge is 0.490 e. The Morgan fingerprint density at radius 2 is 2.06 bits per heavy atom. The van der Waals surface area contributed by atoms with Gasteiger partial charge in [0, 0.05) is 13.1 Å². The second-order valence-corrected chi connectivity index (χ2v) is 8.16. The molecule has 0 radical (unpaired) electrons. The first kappa shape index (κ1) is 26.2. The minimum absolute atomic E-state index is 0.116. The molecule has 0 fully saturated rings. The van der Waals surface area contributed by atoms with E-state index < -0.39 is 11.6 Å². The zero-order chi connectivity index (χ0) is 24.8. The quantitative estimate of drug-likeness (QED) is 0.391. The molecule has 3 N–H and O–H groups in total. The Labute approximate surface area is 198 Å². The Morgan fingerprint density at radius 3 is 2.64 bits per heavy atom. The van der Waals surface area contributed by atoms with Crippen LogP contribution < -0.4 is 20.3 Å². The van der Waals surface area contributed by atoms with E-state index in [-0.39, 0.29) is 30.8 Å². The number of aromatic nitrogens is 2. The van der Waals surface area contributed by atoms with E-state index in [2.05, 4.69) is 10.3 Å². The molecule has 0 aliphatic heterocycles. The van der Waals surface area contributed by atoms with Crippen LogP contribution in [0, 0.1) is 12.3 Å². The third kappa shape index (κ3) is 6.04. The summed E-state index contributed by atoms with van der Waals surface area (Å²) in [6.45, 7) is 7.22. The molecule has 0 saturated heterocycles. The topological polar surface area (TPSA) is 127 Å². The number of aryl methyl sites for hydroxylation is 1. The van der Waals surface area contributed by atoms with Crippen molar-refractivity contribution in [3.8, 4) is 11.5 Å². The number of rotatable bonds is 12. The highest BCUT2D eigenvalue weighted by molar-refractivity contribution is 6.32. The Hall–Kier alpha value is -3.07. The molecule has 0 bridgehead atoms. The van der Waals surface area contributed by atoms with Gasteiger partial charge in [-0.25, -0.2) is 9.78 Å². The number of ether oxygens (including phenoxy) is 2. The van der Waals surface area contributed by atoms with Gasteiger partial charge in [0.2, 0.25) is 5.60 Å². The number of nitrogens with zero attached hydrogens (tertiary/aromatic N) is 2. The number of carboxylic acid groups (broad SMARTS) is 1. The molecular formula is C23H31ClN4O5. The van der Waals surface area contributed by atoms with E-state index in [9.17, 15) is 14.7 Å². The number of benzene rings is 1. The zero-order valence-corrected chi connectivity index (χ0v) is 20.4. The monoisotopic (exact) mass is 478 g/mol. The molecule has 180 valence electrons. The molecule has 0 amide bonds. The lowest BCUT2D eigenvalue weighted by atomic mass is 10.0. The minimum atomic E-state index is -1.38. The van der Waals surface area contributed by atoms with Crippen LogP contribution in [0.5, 0.6) is 11.5 Å². The Kier molecular flexibility index (Phi) is 8.87. The standard InChI is InChI=1S/C23H31ClN4O5/c1-6-8-17(25)19-20(26-5)21(29)28(14(3)27-19)11-12-32-18-13-15(9-10-16(18)24)33-23(4,7-2)22(30)31/h9-10,13,25-26H,6-8,11-12H2,1-5H3,(H,30,31)/t23-/m0/s1. The summed E-state index contributed by atoms with van der Waals surface area (Å²) < 4.78 is 12.9. The van der Waals surface area contributed by atoms with Crippen molar-refractivity contribution in [1.29, 1.82) is 5.41 Å². The van der Waals surface area contributed by atoms with Crippen molar-refractivity contribution >= 4 is 29.0 Å². The van der Waals surface area contributed by atoms with Crippen molar-refractivity contribution < 1.29 is 19.4 Å². The van der Waals surface area contributed by atoms with Crippen LogP contribution in [0.15, 0.2) is 23.0 Å². The minimum Gasteiger partial charge on any atom is -0.490 e. The SMILES string of the molecule is CCCC(=N)c1nc(C)n(CCOc2cc(O[C@@](C)(CC)C(=O)O)ccc2Cl)c(=O)c1NC. The molecule has 0 unspecified atom stereocenters. The smallest absolute Gasteiger partial charge is 0.347 e. The fraction of sp³-hybridized carbons (Fsp3) is 0.478. The highest BCUT2D eigenvalue weighted by Gasteiger charge is 2.33. The maximum absolute atomic E-state index is 13.0. The summed E-state index contributed by atoms with van der Waals surface area (Å²) in [5, 5.41) is 20.8. The van der Waals surface area contributed by atoms with Crippen LogP contribution in [0.2, 0.25) is 5.02 Å². The summed E-state index contributed by atoms with van der Waals surface area (Å²) in [7, 11) is 1.63. The van der Waals surface area contributed by atoms with Gasteiger partial charge in [0.1, 0.15) is 35.3 Å². The van der Waals surface area contributed by atoms with Gasteiger partial charge in [0.25, 0.3) is 5.56 Å². The predicted octanol–water partition coefficient (Wildman–Crippen LogP) is 4.13. The first-order valence-electron chi connectivity index (χ1n) is 10.8. The Balaban J connectivity index is 2.21. The summed E-state index contributed by atoms with van der Waals surface area (Å²) in [6, 6.07) is 4.67. The molecule has 0 aliphatic carbocycles. The lowest BCUT2D eigenvalue weighted by molar-refractivity contribution is -0.154. The molecule has 2 rings (SSSR count). The van der Waals surface area contributed by atoms with Crippen LogP contribution in [0.1, 0.15) is 51.6 Å². The Morgan fingerprint density at radius 1 is 1.36 bits per heavy atom. The van der Waals surface area contributed by atoms with Gasteiger partial charge in [0.05, 0.1) is 17.3 Å². The molecule has 0 aliphatic rings. The number of carboxylic acids is 1. The van der Waals surface area contributed by atoms with E-state index in [4.69, 9.17) is 26.5 Å². The summed E-state index contributed by atoms with van der Waals surface area (Å²) in [4.78, 5) is 29.0. The van der Waals surface area contributed by atoms with Crippen LogP contribution in [0.25, 0.3) is 0 Å². The van der Waals surface area contributed by atoms with Crippen molar-refractivity contribution in [2.45, 2.75) is 59.1 Å². The average molecular weight is 479 g/mol. The second kappa shape index (κ2) is 11.2. The summed E-state index contributed by atoms with van der Waals surface area (Å²) in [5.41, 5.74) is -0.704. The molecule has 1 aromatic heterocycles. The fourth-order valence-electron chi connectivity index (χ4n) is 3.17. The molecule has 1 aromatic carbocycles. The summed E-state index contributed by atoms with van der Waals surface area (Å²) >= 11 is 6.23. The van der Waals surface area contributed by atoms with E-state index in [1.165, 1.54) is 17.6 Å². The summed E-state index contributed by atoms with van der Waals surface area (Å²) in [5.74, 6) is 0.0293. The van der Waals surface area contributed by atoms with Gasteiger partial charge in [-0.15, -0.1) is 0 Å². The molecule has 1 atom stereocenters. The van der Waals surface area contributed by atoms with Crippen LogP contribution in [0.4, 0.5) is 5.69 Å². The van der Waals surface area contributed by atoms with Gasteiger partial charge < -0.3 is 25.3 Å². The maximum Gasteiger partial charge on any atom is 0.347 e. The number of anilines is 1. The van der Waals surface area contributed by atoms with Gasteiger partial charge in [-0.1, -0.05) is 31.9 Å². The van der Waals surface area contributed by atoms with E-state index >= 15 is 0 Å². The van der Waals surface area contributed by atoms with Gasteiger partial charge in [0.15, 0.2) is 0 Å². The normalized spacial score (nSPS) is 12.7. The number of hydrogen-bond acceptors (Lipinski definition) is 7. The van der Waals surface area contributed by atoms with Gasteiger partial charge >= 0.3 is 5.97 Å². The molecule has 9 nitrogen and oxygen atoms in total. The lowest BCUT2D eigenvalue weighted by Gasteiger charge is -2.25. The van der Waals surface area contributed by atoms with Gasteiger partial charge in [-0.05, 0) is 38.8 Å².